The molecule has 7 nitrogen and oxygen atoms in total. The molecule has 2 aromatic heterocycles. The zero-order valence-electron chi connectivity index (χ0n) is 19.4. The Morgan fingerprint density at radius 1 is 1.16 bits per heavy atom. The first-order valence-electron chi connectivity index (χ1n) is 12.1. The molecule has 5 rings (SSSR count). The van der Waals surface area contributed by atoms with Gasteiger partial charge >= 0.3 is 0 Å². The molecule has 2 aromatic rings. The summed E-state index contributed by atoms with van der Waals surface area (Å²) in [6.07, 6.45) is 14.9. The first-order valence-corrected chi connectivity index (χ1v) is 12.1. The second kappa shape index (κ2) is 8.77. The largest absolute Gasteiger partial charge is 0.402 e. The quantitative estimate of drug-likeness (QED) is 0.741. The topological polar surface area (TPSA) is 83.5 Å². The molecule has 0 radical (unpaired) electrons. The number of aromatic nitrogens is 3. The molecular formula is C25H35N7. The fraction of sp³-hybridized carbons (Fsp3) is 0.600. The van der Waals surface area contributed by atoms with Crippen molar-refractivity contribution >= 4 is 28.5 Å². The lowest BCUT2D eigenvalue weighted by Gasteiger charge is -2.40. The second-order valence-electron chi connectivity index (χ2n) is 9.89. The summed E-state index contributed by atoms with van der Waals surface area (Å²) < 4.78 is 0. The minimum atomic E-state index is 0.486. The van der Waals surface area contributed by atoms with E-state index >= 15 is 0 Å². The van der Waals surface area contributed by atoms with Gasteiger partial charge in [-0.15, -0.1) is 0 Å². The molecular weight excluding hydrogens is 398 g/mol. The Morgan fingerprint density at radius 3 is 2.62 bits per heavy atom. The minimum Gasteiger partial charge on any atom is -0.402 e. The van der Waals surface area contributed by atoms with Crippen LogP contribution in [0.5, 0.6) is 0 Å². The standard InChI is InChI=1S/C25H35N7/c1-18(26)21(15-27-2)23-29-22-16-28-11-7-20(22)24(30-23)31-12-8-25(9-13-31)10-14-32(17-25)19-5-3-4-6-19/h7,11,15-16,19H,3-6,8-10,12-14,17,26H2,1-2H3. The van der Waals surface area contributed by atoms with Crippen molar-refractivity contribution in [2.24, 2.45) is 16.1 Å². The van der Waals surface area contributed by atoms with Crippen molar-refractivity contribution in [3.05, 3.63) is 30.0 Å². The predicted octanol–water partition coefficient (Wildman–Crippen LogP) is 3.65. The molecule has 0 unspecified atom stereocenters. The molecule has 170 valence electrons. The van der Waals surface area contributed by atoms with E-state index in [4.69, 9.17) is 15.7 Å². The molecule has 0 bridgehead atoms. The third-order valence-corrected chi connectivity index (χ3v) is 7.84. The summed E-state index contributed by atoms with van der Waals surface area (Å²) in [6.45, 7) is 6.52. The van der Waals surface area contributed by atoms with Crippen LogP contribution in [0, 0.1) is 5.41 Å². The van der Waals surface area contributed by atoms with Crippen molar-refractivity contribution < 1.29 is 0 Å². The number of likely N-dealkylation sites (tertiary alicyclic amines) is 1. The molecule has 32 heavy (non-hydrogen) atoms. The van der Waals surface area contributed by atoms with Gasteiger partial charge in [-0.25, -0.2) is 9.97 Å². The average Bonchev–Trinajstić information content (AvgIpc) is 3.48. The van der Waals surface area contributed by atoms with Gasteiger partial charge in [-0.05, 0) is 57.1 Å². The number of allylic oxidation sites excluding steroid dienone is 2. The van der Waals surface area contributed by atoms with Gasteiger partial charge in [0.05, 0.1) is 17.3 Å². The van der Waals surface area contributed by atoms with Crippen molar-refractivity contribution in [1.29, 1.82) is 0 Å². The number of fused-ring (bicyclic) bond motifs is 1. The molecule has 7 heteroatoms. The third kappa shape index (κ3) is 3.98. The van der Waals surface area contributed by atoms with Crippen LogP contribution in [-0.2, 0) is 0 Å². The highest BCUT2D eigenvalue weighted by atomic mass is 15.2. The maximum atomic E-state index is 6.15. The Kier molecular flexibility index (Phi) is 5.84. The zero-order valence-corrected chi connectivity index (χ0v) is 19.4. The predicted molar refractivity (Wildman–Crippen MR) is 131 cm³/mol. The van der Waals surface area contributed by atoms with Gasteiger partial charge in [-0.2, -0.15) is 0 Å². The van der Waals surface area contributed by atoms with E-state index in [9.17, 15) is 0 Å². The van der Waals surface area contributed by atoms with Gasteiger partial charge in [-0.3, -0.25) is 14.9 Å². The van der Waals surface area contributed by atoms with Gasteiger partial charge in [0.1, 0.15) is 5.82 Å². The van der Waals surface area contributed by atoms with Crippen LogP contribution in [0.15, 0.2) is 29.1 Å². The molecule has 0 amide bonds. The maximum Gasteiger partial charge on any atom is 0.165 e. The van der Waals surface area contributed by atoms with Gasteiger partial charge in [0, 0.05) is 56.2 Å². The van der Waals surface area contributed by atoms with Crippen LogP contribution in [0.2, 0.25) is 0 Å². The van der Waals surface area contributed by atoms with Crippen LogP contribution in [0.25, 0.3) is 16.5 Å². The van der Waals surface area contributed by atoms with Gasteiger partial charge < -0.3 is 10.6 Å². The summed E-state index contributed by atoms with van der Waals surface area (Å²) in [5.74, 6) is 1.62. The molecule has 1 saturated carbocycles. The highest BCUT2D eigenvalue weighted by Gasteiger charge is 2.43. The average molecular weight is 434 g/mol. The normalized spacial score (nSPS) is 23.0. The Bertz CT molecular complexity index is 1030. The zero-order chi connectivity index (χ0) is 22.1. The van der Waals surface area contributed by atoms with E-state index in [2.05, 4.69) is 19.8 Å². The Morgan fingerprint density at radius 2 is 1.91 bits per heavy atom. The van der Waals surface area contributed by atoms with E-state index in [1.165, 1.54) is 58.0 Å². The Balaban J connectivity index is 1.40. The summed E-state index contributed by atoms with van der Waals surface area (Å²) in [7, 11) is 1.74. The molecule has 3 fully saturated rings. The highest BCUT2D eigenvalue weighted by molar-refractivity contribution is 6.10. The molecule has 2 saturated heterocycles. The van der Waals surface area contributed by atoms with E-state index in [1.54, 1.807) is 13.3 Å². The molecule has 4 heterocycles. The van der Waals surface area contributed by atoms with Crippen LogP contribution >= 0.6 is 0 Å². The number of pyridine rings is 1. The van der Waals surface area contributed by atoms with Crippen molar-refractivity contribution in [3.63, 3.8) is 0 Å². The van der Waals surface area contributed by atoms with Crippen LogP contribution in [0.3, 0.4) is 0 Å². The Hall–Kier alpha value is -2.54. The minimum absolute atomic E-state index is 0.486. The van der Waals surface area contributed by atoms with Gasteiger partial charge in [-0.1, -0.05) is 12.8 Å². The van der Waals surface area contributed by atoms with Crippen LogP contribution in [0.1, 0.15) is 57.7 Å². The van der Waals surface area contributed by atoms with Crippen molar-refractivity contribution in [2.75, 3.05) is 38.1 Å². The van der Waals surface area contributed by atoms with Crippen LogP contribution in [0.4, 0.5) is 5.82 Å². The highest BCUT2D eigenvalue weighted by Crippen LogP contribution is 2.43. The molecule has 2 aliphatic heterocycles. The first kappa shape index (κ1) is 21.3. The maximum absolute atomic E-state index is 6.15. The van der Waals surface area contributed by atoms with Gasteiger partial charge in [0.2, 0.25) is 0 Å². The second-order valence-corrected chi connectivity index (χ2v) is 9.89. The summed E-state index contributed by atoms with van der Waals surface area (Å²) in [6, 6.07) is 2.88. The third-order valence-electron chi connectivity index (χ3n) is 7.84. The van der Waals surface area contributed by atoms with Crippen LogP contribution < -0.4 is 10.6 Å². The number of hydrogen-bond donors (Lipinski definition) is 1. The van der Waals surface area contributed by atoms with E-state index < -0.39 is 0 Å². The van der Waals surface area contributed by atoms with E-state index in [0.29, 0.717) is 16.9 Å². The molecule has 0 atom stereocenters. The number of aliphatic imine (C=N–C) groups is 1. The number of piperidine rings is 1. The smallest absolute Gasteiger partial charge is 0.165 e. The molecule has 0 aromatic carbocycles. The number of anilines is 1. The van der Waals surface area contributed by atoms with E-state index in [-0.39, 0.29) is 0 Å². The van der Waals surface area contributed by atoms with Crippen molar-refractivity contribution in [1.82, 2.24) is 19.9 Å². The van der Waals surface area contributed by atoms with Gasteiger partial charge in [0.25, 0.3) is 0 Å². The summed E-state index contributed by atoms with van der Waals surface area (Å²) in [4.78, 5) is 23.5. The van der Waals surface area contributed by atoms with Crippen LogP contribution in [-0.4, -0.2) is 65.3 Å². The SMILES string of the molecule is CN=CC(=C(C)N)c1nc(N2CCC3(CC2)CCN(C2CCCC2)C3)c2ccncc2n1. The lowest BCUT2D eigenvalue weighted by atomic mass is 9.77. The van der Waals surface area contributed by atoms with Crippen molar-refractivity contribution in [3.8, 4) is 0 Å². The van der Waals surface area contributed by atoms with E-state index in [1.807, 2.05) is 25.4 Å². The van der Waals surface area contributed by atoms with E-state index in [0.717, 1.165) is 41.4 Å². The fourth-order valence-electron chi connectivity index (χ4n) is 5.94. The fourth-order valence-corrected chi connectivity index (χ4v) is 5.94. The monoisotopic (exact) mass is 433 g/mol. The first-order chi connectivity index (χ1) is 15.6. The number of nitrogens with zero attached hydrogens (tertiary/aromatic N) is 6. The molecule has 1 aliphatic carbocycles. The molecule has 2 N–H and O–H groups in total. The molecule has 3 aliphatic rings. The summed E-state index contributed by atoms with van der Waals surface area (Å²) >= 11 is 0. The Labute approximate surface area is 190 Å². The van der Waals surface area contributed by atoms with Crippen molar-refractivity contribution in [2.45, 2.75) is 57.9 Å². The number of nitrogens with two attached hydrogens (primary N) is 1. The summed E-state index contributed by atoms with van der Waals surface area (Å²) in [5.41, 5.74) is 8.92. The molecule has 1 spiro atoms. The lowest BCUT2D eigenvalue weighted by molar-refractivity contribution is 0.178. The lowest BCUT2D eigenvalue weighted by Crippen LogP contribution is -2.43. The summed E-state index contributed by atoms with van der Waals surface area (Å²) in [5, 5.41) is 1.06. The van der Waals surface area contributed by atoms with Gasteiger partial charge in [0.15, 0.2) is 5.82 Å². The number of rotatable bonds is 4. The number of hydrogen-bond acceptors (Lipinski definition) is 7.